The third-order valence-corrected chi connectivity index (χ3v) is 6.67. The summed E-state index contributed by atoms with van der Waals surface area (Å²) in [7, 11) is -3.79. The molecule has 4 rings (SSSR count). The molecule has 13 heteroatoms. The van der Waals surface area contributed by atoms with Gasteiger partial charge in [0, 0.05) is 22.6 Å². The number of oxazole rings is 1. The molecule has 4 aromatic rings. The second-order valence-electron chi connectivity index (χ2n) is 5.93. The van der Waals surface area contributed by atoms with Crippen LogP contribution in [0.4, 0.5) is 16.8 Å². The van der Waals surface area contributed by atoms with Gasteiger partial charge in [-0.25, -0.2) is 13.4 Å². The monoisotopic (exact) mass is 475 g/mol. The Hall–Kier alpha value is -3.55. The second-order valence-corrected chi connectivity index (χ2v) is 9.28. The van der Waals surface area contributed by atoms with Crippen LogP contribution in [0.15, 0.2) is 68.2 Å². The number of nitrogens with zero attached hydrogens (tertiary/aromatic N) is 2. The first-order valence-corrected chi connectivity index (χ1v) is 11.8. The van der Waals surface area contributed by atoms with E-state index < -0.39 is 21.8 Å². The van der Waals surface area contributed by atoms with Crippen molar-refractivity contribution >= 4 is 61.3 Å². The SMILES string of the molecule is O=C(Nc1nc(C(=O)Nc2ccc(S(=O)(=O)Nc3nccs3)cc2)co1)c1ccsc1. The molecule has 158 valence electrons. The van der Waals surface area contributed by atoms with E-state index in [1.54, 1.807) is 22.2 Å². The fraction of sp³-hybridized carbons (Fsp3) is 0. The number of sulfonamides is 1. The molecule has 0 unspecified atom stereocenters. The minimum atomic E-state index is -3.79. The van der Waals surface area contributed by atoms with E-state index in [2.05, 4.69) is 25.3 Å². The predicted molar refractivity (Wildman–Crippen MR) is 116 cm³/mol. The normalized spacial score (nSPS) is 11.1. The maximum Gasteiger partial charge on any atom is 0.302 e. The molecule has 31 heavy (non-hydrogen) atoms. The molecule has 0 aliphatic carbocycles. The quantitative estimate of drug-likeness (QED) is 0.371. The Morgan fingerprint density at radius 2 is 1.81 bits per heavy atom. The van der Waals surface area contributed by atoms with Crippen LogP contribution >= 0.6 is 22.7 Å². The van der Waals surface area contributed by atoms with Gasteiger partial charge in [0.25, 0.3) is 21.8 Å². The molecule has 0 aliphatic heterocycles. The van der Waals surface area contributed by atoms with E-state index in [1.165, 1.54) is 41.8 Å². The van der Waals surface area contributed by atoms with Gasteiger partial charge in [0.1, 0.15) is 6.26 Å². The van der Waals surface area contributed by atoms with E-state index in [0.717, 1.165) is 17.6 Å². The summed E-state index contributed by atoms with van der Waals surface area (Å²) in [5.41, 5.74) is 0.751. The number of amides is 2. The lowest BCUT2D eigenvalue weighted by molar-refractivity contribution is 0.101. The van der Waals surface area contributed by atoms with Gasteiger partial charge < -0.3 is 9.73 Å². The third kappa shape index (κ3) is 4.96. The van der Waals surface area contributed by atoms with Crippen LogP contribution in [0, 0.1) is 0 Å². The van der Waals surface area contributed by atoms with Crippen LogP contribution in [0.2, 0.25) is 0 Å². The van der Waals surface area contributed by atoms with Crippen molar-refractivity contribution in [3.63, 3.8) is 0 Å². The smallest absolute Gasteiger partial charge is 0.302 e. The average Bonchev–Trinajstić information content (AvgIpc) is 3.51. The van der Waals surface area contributed by atoms with Crippen LogP contribution in [0.3, 0.4) is 0 Å². The highest BCUT2D eigenvalue weighted by Crippen LogP contribution is 2.20. The highest BCUT2D eigenvalue weighted by molar-refractivity contribution is 7.93. The summed E-state index contributed by atoms with van der Waals surface area (Å²) in [6, 6.07) is 7.10. The Bertz CT molecular complexity index is 1300. The Kier molecular flexibility index (Phi) is 5.79. The number of nitrogens with one attached hydrogen (secondary N) is 3. The Morgan fingerprint density at radius 1 is 1.00 bits per heavy atom. The summed E-state index contributed by atoms with van der Waals surface area (Å²) >= 11 is 2.53. The molecule has 10 nitrogen and oxygen atoms in total. The number of rotatable bonds is 7. The zero-order valence-electron chi connectivity index (χ0n) is 15.4. The number of carbonyl (C=O) groups excluding carboxylic acids is 2. The molecule has 0 radical (unpaired) electrons. The van der Waals surface area contributed by atoms with Gasteiger partial charge in [0.15, 0.2) is 10.8 Å². The van der Waals surface area contributed by atoms with Crippen LogP contribution in [-0.4, -0.2) is 30.2 Å². The van der Waals surface area contributed by atoms with Gasteiger partial charge in [0.2, 0.25) is 0 Å². The largest absolute Gasteiger partial charge is 0.431 e. The fourth-order valence-electron chi connectivity index (χ4n) is 2.36. The van der Waals surface area contributed by atoms with E-state index in [9.17, 15) is 18.0 Å². The summed E-state index contributed by atoms with van der Waals surface area (Å²) < 4.78 is 32.2. The summed E-state index contributed by atoms with van der Waals surface area (Å²) in [4.78, 5) is 32.2. The van der Waals surface area contributed by atoms with Crippen LogP contribution < -0.4 is 15.4 Å². The lowest BCUT2D eigenvalue weighted by Crippen LogP contribution is -2.15. The molecule has 3 heterocycles. The van der Waals surface area contributed by atoms with Crippen molar-refractivity contribution in [1.82, 2.24) is 9.97 Å². The number of anilines is 3. The van der Waals surface area contributed by atoms with E-state index in [0.29, 0.717) is 11.3 Å². The van der Waals surface area contributed by atoms with E-state index in [-0.39, 0.29) is 21.7 Å². The minimum absolute atomic E-state index is 0.0144. The number of carbonyl (C=O) groups is 2. The number of thiazole rings is 1. The summed E-state index contributed by atoms with van der Waals surface area (Å²) in [6.45, 7) is 0. The lowest BCUT2D eigenvalue weighted by Gasteiger charge is -2.07. The van der Waals surface area contributed by atoms with E-state index in [1.807, 2.05) is 0 Å². The molecular formula is C18H13N5O5S3. The van der Waals surface area contributed by atoms with Gasteiger partial charge in [-0.05, 0) is 35.7 Å². The van der Waals surface area contributed by atoms with Gasteiger partial charge in [-0.3, -0.25) is 19.6 Å². The van der Waals surface area contributed by atoms with Gasteiger partial charge in [-0.2, -0.15) is 16.3 Å². The highest BCUT2D eigenvalue weighted by atomic mass is 32.2. The van der Waals surface area contributed by atoms with E-state index in [4.69, 9.17) is 4.42 Å². The summed E-state index contributed by atoms with van der Waals surface area (Å²) in [5, 5.41) is 10.4. The van der Waals surface area contributed by atoms with Crippen molar-refractivity contribution < 1.29 is 22.4 Å². The first-order chi connectivity index (χ1) is 14.9. The highest BCUT2D eigenvalue weighted by Gasteiger charge is 2.17. The van der Waals surface area contributed by atoms with Crippen molar-refractivity contribution in [3.05, 3.63) is 70.2 Å². The van der Waals surface area contributed by atoms with Crippen molar-refractivity contribution in [3.8, 4) is 0 Å². The maximum atomic E-state index is 12.4. The number of thiophene rings is 1. The van der Waals surface area contributed by atoms with Crippen LogP contribution in [0.1, 0.15) is 20.8 Å². The van der Waals surface area contributed by atoms with Gasteiger partial charge in [-0.15, -0.1) is 11.3 Å². The molecule has 0 saturated carbocycles. The zero-order chi connectivity index (χ0) is 21.8. The topological polar surface area (TPSA) is 143 Å². The first kappa shape index (κ1) is 20.7. The summed E-state index contributed by atoms with van der Waals surface area (Å²) in [6.07, 6.45) is 2.60. The van der Waals surface area contributed by atoms with Gasteiger partial charge in [-0.1, -0.05) is 0 Å². The Labute approximate surface area is 184 Å². The average molecular weight is 476 g/mol. The predicted octanol–water partition coefficient (Wildman–Crippen LogP) is 3.50. The number of hydrogen-bond acceptors (Lipinski definition) is 9. The number of benzene rings is 1. The van der Waals surface area contributed by atoms with Crippen LogP contribution in [-0.2, 0) is 10.0 Å². The maximum absolute atomic E-state index is 12.4. The third-order valence-electron chi connectivity index (χ3n) is 3.82. The first-order valence-electron chi connectivity index (χ1n) is 8.53. The van der Waals surface area contributed by atoms with Crippen molar-refractivity contribution in [1.29, 1.82) is 0 Å². The molecule has 2 amide bonds. The van der Waals surface area contributed by atoms with Gasteiger partial charge >= 0.3 is 6.01 Å². The molecule has 0 atom stereocenters. The molecule has 0 spiro atoms. The minimum Gasteiger partial charge on any atom is -0.431 e. The lowest BCUT2D eigenvalue weighted by atomic mass is 10.3. The fourth-order valence-corrected chi connectivity index (χ4v) is 4.78. The summed E-state index contributed by atoms with van der Waals surface area (Å²) in [5.74, 6) is -0.991. The Morgan fingerprint density at radius 3 is 2.48 bits per heavy atom. The molecule has 0 fully saturated rings. The zero-order valence-corrected chi connectivity index (χ0v) is 17.9. The second kappa shape index (κ2) is 8.67. The molecule has 3 aromatic heterocycles. The molecule has 0 bridgehead atoms. The van der Waals surface area contributed by atoms with Crippen molar-refractivity contribution in [2.24, 2.45) is 0 Å². The molecular weight excluding hydrogens is 462 g/mol. The van der Waals surface area contributed by atoms with E-state index >= 15 is 0 Å². The molecule has 0 aliphatic rings. The molecule has 1 aromatic carbocycles. The number of hydrogen-bond donors (Lipinski definition) is 3. The van der Waals surface area contributed by atoms with Crippen LogP contribution in [0.5, 0.6) is 0 Å². The molecule has 0 saturated heterocycles. The Balaban J connectivity index is 1.39. The number of aromatic nitrogens is 2. The van der Waals surface area contributed by atoms with Crippen molar-refractivity contribution in [2.75, 3.05) is 15.4 Å². The molecule has 3 N–H and O–H groups in total. The van der Waals surface area contributed by atoms with Crippen LogP contribution in [0.25, 0.3) is 0 Å². The van der Waals surface area contributed by atoms with Gasteiger partial charge in [0.05, 0.1) is 10.5 Å². The van der Waals surface area contributed by atoms with Crippen molar-refractivity contribution in [2.45, 2.75) is 4.90 Å². The standard InChI is InChI=1S/C18H13N5O5S3/c24-15(11-5-7-29-10-11)22-17-21-14(9-28-17)16(25)20-12-1-3-13(4-2-12)31(26,27)23-18-19-6-8-30-18/h1-10H,(H,19,23)(H,20,25)(H,21,22,24).